The van der Waals surface area contributed by atoms with Crippen molar-refractivity contribution in [3.63, 3.8) is 0 Å². The van der Waals surface area contributed by atoms with Crippen molar-refractivity contribution in [2.24, 2.45) is 0 Å². The molecule has 0 aliphatic rings. The van der Waals surface area contributed by atoms with E-state index < -0.39 is 0 Å². The summed E-state index contributed by atoms with van der Waals surface area (Å²) in [5.41, 5.74) is 3.14. The van der Waals surface area contributed by atoms with Gasteiger partial charge in [0.2, 0.25) is 17.7 Å². The molecule has 0 radical (unpaired) electrons. The number of aryl methyl sites for hydroxylation is 2. The summed E-state index contributed by atoms with van der Waals surface area (Å²) >= 11 is 0. The molecule has 0 atom stereocenters. The maximum Gasteiger partial charge on any atom is 0.247 e. The molecule has 124 valence electrons. The summed E-state index contributed by atoms with van der Waals surface area (Å²) in [6.45, 7) is 1.98. The number of nitrogens with zero attached hydrogens (tertiary/aromatic N) is 3. The van der Waals surface area contributed by atoms with Crippen LogP contribution >= 0.6 is 0 Å². The Bertz CT molecular complexity index is 923. The van der Waals surface area contributed by atoms with E-state index in [0.29, 0.717) is 29.5 Å². The first-order valence-electron chi connectivity index (χ1n) is 7.84. The van der Waals surface area contributed by atoms with E-state index in [9.17, 15) is 4.79 Å². The van der Waals surface area contributed by atoms with Crippen molar-refractivity contribution < 1.29 is 9.21 Å². The largest absolute Gasteiger partial charge is 0.421 e. The number of nitriles is 1. The van der Waals surface area contributed by atoms with Crippen LogP contribution in [-0.4, -0.2) is 16.1 Å². The third kappa shape index (κ3) is 4.09. The molecule has 1 amide bonds. The van der Waals surface area contributed by atoms with Gasteiger partial charge in [-0.1, -0.05) is 18.2 Å². The van der Waals surface area contributed by atoms with Crippen molar-refractivity contribution in [2.75, 3.05) is 5.32 Å². The molecule has 3 aromatic rings. The number of carbonyl (C=O) groups excluding carboxylic acids is 1. The van der Waals surface area contributed by atoms with Crippen LogP contribution in [0.4, 0.5) is 5.69 Å². The molecular weight excluding hydrogens is 316 g/mol. The van der Waals surface area contributed by atoms with Gasteiger partial charge in [-0.15, -0.1) is 10.2 Å². The molecule has 0 spiro atoms. The number of hydrogen-bond donors (Lipinski definition) is 1. The monoisotopic (exact) mass is 332 g/mol. The second-order valence-electron chi connectivity index (χ2n) is 5.55. The molecule has 0 bridgehead atoms. The number of amides is 1. The highest BCUT2D eigenvalue weighted by Crippen LogP contribution is 2.21. The average molecular weight is 332 g/mol. The van der Waals surface area contributed by atoms with E-state index in [-0.39, 0.29) is 12.3 Å². The van der Waals surface area contributed by atoms with Crippen LogP contribution in [0.25, 0.3) is 11.5 Å². The first-order chi connectivity index (χ1) is 12.2. The zero-order valence-electron chi connectivity index (χ0n) is 13.7. The standard InChI is InChI=1S/C19H16N4O2/c1-13-4-2-3-5-16(13)19-23-22-18(25-19)11-10-17(24)21-15-8-6-14(12-20)7-9-15/h2-9H,10-11H2,1H3,(H,21,24). The number of anilines is 1. The molecule has 1 N–H and O–H groups in total. The number of carbonyl (C=O) groups is 1. The molecule has 2 aromatic carbocycles. The fourth-order valence-corrected chi connectivity index (χ4v) is 2.35. The Labute approximate surface area is 145 Å². The SMILES string of the molecule is Cc1ccccc1-c1nnc(CCC(=O)Nc2ccc(C#N)cc2)o1. The smallest absolute Gasteiger partial charge is 0.247 e. The number of benzene rings is 2. The van der Waals surface area contributed by atoms with Crippen LogP contribution in [-0.2, 0) is 11.2 Å². The molecule has 0 aliphatic carbocycles. The second kappa shape index (κ2) is 7.41. The lowest BCUT2D eigenvalue weighted by Crippen LogP contribution is -2.12. The Hall–Kier alpha value is -3.46. The van der Waals surface area contributed by atoms with Crippen molar-refractivity contribution >= 4 is 11.6 Å². The molecule has 6 heteroatoms. The quantitative estimate of drug-likeness (QED) is 0.772. The fourth-order valence-electron chi connectivity index (χ4n) is 2.35. The van der Waals surface area contributed by atoms with Crippen molar-refractivity contribution in [2.45, 2.75) is 19.8 Å². The third-order valence-corrected chi connectivity index (χ3v) is 3.71. The van der Waals surface area contributed by atoms with E-state index in [1.165, 1.54) is 0 Å². The number of nitrogens with one attached hydrogen (secondary N) is 1. The topological polar surface area (TPSA) is 91.8 Å². The van der Waals surface area contributed by atoms with Crippen LogP contribution in [0, 0.1) is 18.3 Å². The summed E-state index contributed by atoms with van der Waals surface area (Å²) in [5, 5.41) is 19.6. The first kappa shape index (κ1) is 16.4. The van der Waals surface area contributed by atoms with E-state index >= 15 is 0 Å². The minimum absolute atomic E-state index is 0.152. The molecule has 0 aliphatic heterocycles. The minimum atomic E-state index is -0.152. The molecule has 6 nitrogen and oxygen atoms in total. The summed E-state index contributed by atoms with van der Waals surface area (Å²) in [7, 11) is 0. The van der Waals surface area contributed by atoms with E-state index in [1.54, 1.807) is 24.3 Å². The molecule has 1 heterocycles. The lowest BCUT2D eigenvalue weighted by Gasteiger charge is -2.03. The summed E-state index contributed by atoms with van der Waals surface area (Å²) in [5.74, 6) is 0.731. The molecular formula is C19H16N4O2. The van der Waals surface area contributed by atoms with Crippen molar-refractivity contribution in [3.8, 4) is 17.5 Å². The van der Waals surface area contributed by atoms with Gasteiger partial charge in [0.05, 0.1) is 11.6 Å². The minimum Gasteiger partial charge on any atom is -0.421 e. The van der Waals surface area contributed by atoms with Crippen LogP contribution in [0.3, 0.4) is 0 Å². The molecule has 25 heavy (non-hydrogen) atoms. The lowest BCUT2D eigenvalue weighted by atomic mass is 10.1. The zero-order valence-corrected chi connectivity index (χ0v) is 13.7. The van der Waals surface area contributed by atoms with Crippen LogP contribution in [0.5, 0.6) is 0 Å². The van der Waals surface area contributed by atoms with Gasteiger partial charge >= 0.3 is 0 Å². The molecule has 3 rings (SSSR count). The molecule has 0 fully saturated rings. The lowest BCUT2D eigenvalue weighted by molar-refractivity contribution is -0.116. The van der Waals surface area contributed by atoms with Crippen molar-refractivity contribution in [1.29, 1.82) is 5.26 Å². The molecule has 1 aromatic heterocycles. The summed E-state index contributed by atoms with van der Waals surface area (Å²) < 4.78 is 5.64. The summed E-state index contributed by atoms with van der Waals surface area (Å²) in [6, 6.07) is 16.5. The normalized spacial score (nSPS) is 10.2. The maximum atomic E-state index is 12.0. The first-order valence-corrected chi connectivity index (χ1v) is 7.84. The highest BCUT2D eigenvalue weighted by molar-refractivity contribution is 5.90. The van der Waals surface area contributed by atoms with Gasteiger partial charge in [-0.2, -0.15) is 5.26 Å². The van der Waals surface area contributed by atoms with Crippen LogP contribution in [0.15, 0.2) is 52.9 Å². The van der Waals surface area contributed by atoms with E-state index in [1.807, 2.05) is 37.3 Å². The molecule has 0 unspecified atom stereocenters. The predicted molar refractivity (Wildman–Crippen MR) is 92.6 cm³/mol. The predicted octanol–water partition coefficient (Wildman–Crippen LogP) is 3.49. The Kier molecular flexibility index (Phi) is 4.86. The van der Waals surface area contributed by atoms with E-state index in [2.05, 4.69) is 15.5 Å². The van der Waals surface area contributed by atoms with Gasteiger partial charge in [-0.05, 0) is 42.8 Å². The van der Waals surface area contributed by atoms with Crippen LogP contribution < -0.4 is 5.32 Å². The van der Waals surface area contributed by atoms with Gasteiger partial charge in [-0.25, -0.2) is 0 Å². The molecule has 0 saturated carbocycles. The van der Waals surface area contributed by atoms with Crippen molar-refractivity contribution in [1.82, 2.24) is 10.2 Å². The summed E-state index contributed by atoms with van der Waals surface area (Å²) in [6.07, 6.45) is 0.594. The van der Waals surface area contributed by atoms with Gasteiger partial charge in [0, 0.05) is 24.1 Å². The number of aromatic nitrogens is 2. The maximum absolute atomic E-state index is 12.0. The number of rotatable bonds is 5. The van der Waals surface area contributed by atoms with Crippen LogP contribution in [0.1, 0.15) is 23.4 Å². The van der Waals surface area contributed by atoms with Gasteiger partial charge in [0.15, 0.2) is 0 Å². The average Bonchev–Trinajstić information content (AvgIpc) is 3.10. The van der Waals surface area contributed by atoms with Gasteiger partial charge < -0.3 is 9.73 Å². The fraction of sp³-hybridized carbons (Fsp3) is 0.158. The third-order valence-electron chi connectivity index (χ3n) is 3.71. The zero-order chi connectivity index (χ0) is 17.6. The Morgan fingerprint density at radius 2 is 1.92 bits per heavy atom. The summed E-state index contributed by atoms with van der Waals surface area (Å²) in [4.78, 5) is 12.0. The van der Waals surface area contributed by atoms with Gasteiger partial charge in [0.1, 0.15) is 0 Å². The van der Waals surface area contributed by atoms with Crippen molar-refractivity contribution in [3.05, 3.63) is 65.5 Å². The van der Waals surface area contributed by atoms with Gasteiger partial charge in [0.25, 0.3) is 0 Å². The Morgan fingerprint density at radius 1 is 1.16 bits per heavy atom. The van der Waals surface area contributed by atoms with Crippen LogP contribution in [0.2, 0.25) is 0 Å². The van der Waals surface area contributed by atoms with Gasteiger partial charge in [-0.3, -0.25) is 4.79 Å². The Morgan fingerprint density at radius 3 is 2.64 bits per heavy atom. The number of hydrogen-bond acceptors (Lipinski definition) is 5. The highest BCUT2D eigenvalue weighted by Gasteiger charge is 2.12. The van der Waals surface area contributed by atoms with E-state index in [4.69, 9.17) is 9.68 Å². The Balaban J connectivity index is 1.57. The molecule has 0 saturated heterocycles. The highest BCUT2D eigenvalue weighted by atomic mass is 16.4. The van der Waals surface area contributed by atoms with E-state index in [0.717, 1.165) is 11.1 Å². The second-order valence-corrected chi connectivity index (χ2v) is 5.55.